The summed E-state index contributed by atoms with van der Waals surface area (Å²) >= 11 is 6.75. The molecule has 0 radical (unpaired) electrons. The molecule has 41 heavy (non-hydrogen) atoms. The van der Waals surface area contributed by atoms with E-state index in [1.807, 2.05) is 43.5 Å². The molecule has 10 heteroatoms. The average Bonchev–Trinajstić information content (AvgIpc) is 3.88. The first-order valence-electron chi connectivity index (χ1n) is 14.0. The lowest BCUT2D eigenvalue weighted by molar-refractivity contribution is -0.118. The van der Waals surface area contributed by atoms with Crippen molar-refractivity contribution in [3.8, 4) is 16.9 Å². The van der Waals surface area contributed by atoms with Crippen LogP contribution in [-0.2, 0) is 31.8 Å². The number of ether oxygens (including phenoxy) is 2. The SMILES string of the molecule is CC(=O)NCCCCS(=O)(=O)Nc1ccc(C)c(COC2(c3cnccc3-c3ccccc3OC3CC3)CC2)c1Cl. The molecule has 2 aliphatic carbocycles. The van der Waals surface area contributed by atoms with Crippen LogP contribution in [0, 0.1) is 6.92 Å². The quantitative estimate of drug-likeness (QED) is 0.217. The van der Waals surface area contributed by atoms with Gasteiger partial charge in [0.25, 0.3) is 0 Å². The highest BCUT2D eigenvalue weighted by molar-refractivity contribution is 7.92. The molecule has 0 aliphatic heterocycles. The van der Waals surface area contributed by atoms with E-state index >= 15 is 0 Å². The van der Waals surface area contributed by atoms with Gasteiger partial charge in [-0.3, -0.25) is 14.5 Å². The number of sulfonamides is 1. The van der Waals surface area contributed by atoms with Crippen LogP contribution in [-0.4, -0.2) is 37.7 Å². The number of hydrogen-bond donors (Lipinski definition) is 2. The number of rotatable bonds is 14. The molecule has 2 fully saturated rings. The lowest BCUT2D eigenvalue weighted by Gasteiger charge is -2.23. The van der Waals surface area contributed by atoms with E-state index in [1.165, 1.54) is 6.92 Å². The van der Waals surface area contributed by atoms with Gasteiger partial charge in [-0.15, -0.1) is 0 Å². The first-order chi connectivity index (χ1) is 19.7. The molecule has 0 spiro atoms. The first kappa shape index (κ1) is 29.4. The Balaban J connectivity index is 1.30. The summed E-state index contributed by atoms with van der Waals surface area (Å²) < 4.78 is 40.9. The van der Waals surface area contributed by atoms with Crippen LogP contribution in [0.4, 0.5) is 5.69 Å². The molecule has 5 rings (SSSR count). The van der Waals surface area contributed by atoms with Crippen LogP contribution in [0.15, 0.2) is 54.9 Å². The second-order valence-electron chi connectivity index (χ2n) is 10.9. The van der Waals surface area contributed by atoms with E-state index < -0.39 is 15.6 Å². The molecule has 3 aromatic rings. The zero-order valence-electron chi connectivity index (χ0n) is 23.4. The summed E-state index contributed by atoms with van der Waals surface area (Å²) in [4.78, 5) is 15.4. The summed E-state index contributed by atoms with van der Waals surface area (Å²) in [6.07, 6.45) is 8.79. The Labute approximate surface area is 246 Å². The van der Waals surface area contributed by atoms with Crippen molar-refractivity contribution in [2.24, 2.45) is 0 Å². The van der Waals surface area contributed by atoms with Crippen LogP contribution in [0.3, 0.4) is 0 Å². The maximum Gasteiger partial charge on any atom is 0.232 e. The number of nitrogens with zero attached hydrogens (tertiary/aromatic N) is 1. The summed E-state index contributed by atoms with van der Waals surface area (Å²) in [5, 5.41) is 3.00. The largest absolute Gasteiger partial charge is 0.490 e. The summed E-state index contributed by atoms with van der Waals surface area (Å²) in [5.74, 6) is 0.668. The number of nitrogens with one attached hydrogen (secondary N) is 2. The molecular formula is C31H36ClN3O5S. The Morgan fingerprint density at radius 2 is 1.88 bits per heavy atom. The fraction of sp³-hybridized carbons (Fsp3) is 0.419. The van der Waals surface area contributed by atoms with E-state index in [-0.39, 0.29) is 24.4 Å². The fourth-order valence-corrected chi connectivity index (χ4v) is 6.40. The summed E-state index contributed by atoms with van der Waals surface area (Å²) in [5.41, 5.74) is 4.55. The number of hydrogen-bond acceptors (Lipinski definition) is 6. The molecular weight excluding hydrogens is 562 g/mol. The van der Waals surface area contributed by atoms with E-state index in [2.05, 4.69) is 21.1 Å². The number of aryl methyl sites for hydroxylation is 1. The molecule has 1 amide bonds. The second-order valence-corrected chi connectivity index (χ2v) is 13.1. The van der Waals surface area contributed by atoms with Crippen LogP contribution < -0.4 is 14.8 Å². The number of amides is 1. The van der Waals surface area contributed by atoms with E-state index in [0.29, 0.717) is 30.1 Å². The number of para-hydroxylation sites is 1. The summed E-state index contributed by atoms with van der Waals surface area (Å²) in [6, 6.07) is 13.6. The third-order valence-corrected chi connectivity index (χ3v) is 9.25. The molecule has 2 N–H and O–H groups in total. The van der Waals surface area contributed by atoms with Crippen LogP contribution in [0.25, 0.3) is 11.1 Å². The highest BCUT2D eigenvalue weighted by Gasteiger charge is 2.48. The maximum absolute atomic E-state index is 12.7. The van der Waals surface area contributed by atoms with Gasteiger partial charge in [0.1, 0.15) is 5.75 Å². The van der Waals surface area contributed by atoms with Crippen molar-refractivity contribution in [1.29, 1.82) is 0 Å². The molecule has 0 unspecified atom stereocenters. The number of pyridine rings is 1. The van der Waals surface area contributed by atoms with Gasteiger partial charge in [-0.1, -0.05) is 35.9 Å². The molecule has 1 aromatic heterocycles. The lowest BCUT2D eigenvalue weighted by atomic mass is 9.96. The van der Waals surface area contributed by atoms with Gasteiger partial charge in [-0.25, -0.2) is 8.42 Å². The predicted molar refractivity (Wildman–Crippen MR) is 161 cm³/mol. The number of carbonyl (C=O) groups is 1. The van der Waals surface area contributed by atoms with Crippen molar-refractivity contribution < 1.29 is 22.7 Å². The number of aromatic nitrogens is 1. The summed E-state index contributed by atoms with van der Waals surface area (Å²) in [7, 11) is -3.61. The molecule has 1 heterocycles. The van der Waals surface area contributed by atoms with Gasteiger partial charge in [0.05, 0.1) is 34.8 Å². The molecule has 2 aliphatic rings. The zero-order valence-corrected chi connectivity index (χ0v) is 25.0. The van der Waals surface area contributed by atoms with Gasteiger partial charge in [-0.05, 0) is 74.8 Å². The van der Waals surface area contributed by atoms with Crippen LogP contribution in [0.2, 0.25) is 5.02 Å². The molecule has 2 saturated carbocycles. The van der Waals surface area contributed by atoms with Crippen molar-refractivity contribution in [2.45, 2.75) is 70.7 Å². The van der Waals surface area contributed by atoms with Crippen molar-refractivity contribution in [2.75, 3.05) is 17.0 Å². The number of benzene rings is 2. The van der Waals surface area contributed by atoms with Crippen LogP contribution in [0.1, 0.15) is 62.1 Å². The standard InChI is InChI=1S/C31H36ClN3O5S/c1-21-9-12-28(35-41(37,38)18-6-5-16-34-22(2)36)30(32)26(21)20-39-31(14-15-31)27-19-33-17-13-24(27)25-7-3-4-8-29(25)40-23-10-11-23/h3-4,7-9,12-13,17,19,23,35H,5-6,10-11,14-16,18,20H2,1-2H3,(H,34,36). The highest BCUT2D eigenvalue weighted by atomic mass is 35.5. The first-order valence-corrected chi connectivity index (χ1v) is 16.1. The Bertz CT molecular complexity index is 1520. The average molecular weight is 598 g/mol. The third kappa shape index (κ3) is 7.39. The monoisotopic (exact) mass is 597 g/mol. The highest BCUT2D eigenvalue weighted by Crippen LogP contribution is 2.53. The van der Waals surface area contributed by atoms with Crippen LogP contribution in [0.5, 0.6) is 5.75 Å². The normalized spacial score (nSPS) is 15.8. The van der Waals surface area contributed by atoms with Crippen molar-refractivity contribution in [3.05, 3.63) is 76.6 Å². The Kier molecular flexibility index (Phi) is 8.87. The molecule has 0 bridgehead atoms. The summed E-state index contributed by atoms with van der Waals surface area (Å²) in [6.45, 7) is 4.04. The second kappa shape index (κ2) is 12.4. The van der Waals surface area contributed by atoms with E-state index in [0.717, 1.165) is 59.3 Å². The molecule has 218 valence electrons. The fourth-order valence-electron chi connectivity index (χ4n) is 4.84. The minimum absolute atomic E-state index is 0.0680. The lowest BCUT2D eigenvalue weighted by Crippen LogP contribution is -2.22. The number of halogens is 1. The molecule has 8 nitrogen and oxygen atoms in total. The van der Waals surface area contributed by atoms with Gasteiger partial charge >= 0.3 is 0 Å². The minimum Gasteiger partial charge on any atom is -0.490 e. The number of carbonyl (C=O) groups excluding carboxylic acids is 1. The maximum atomic E-state index is 12.7. The minimum atomic E-state index is -3.61. The molecule has 0 atom stereocenters. The third-order valence-electron chi connectivity index (χ3n) is 7.46. The van der Waals surface area contributed by atoms with Crippen molar-refractivity contribution in [3.63, 3.8) is 0 Å². The van der Waals surface area contributed by atoms with E-state index in [9.17, 15) is 13.2 Å². The number of anilines is 1. The molecule has 0 saturated heterocycles. The van der Waals surface area contributed by atoms with Crippen molar-refractivity contribution in [1.82, 2.24) is 10.3 Å². The van der Waals surface area contributed by atoms with Gasteiger partial charge in [-0.2, -0.15) is 0 Å². The van der Waals surface area contributed by atoms with Gasteiger partial charge in [0.2, 0.25) is 15.9 Å². The number of unbranched alkanes of at least 4 members (excludes halogenated alkanes) is 1. The van der Waals surface area contributed by atoms with Gasteiger partial charge in [0.15, 0.2) is 0 Å². The predicted octanol–water partition coefficient (Wildman–Crippen LogP) is 6.12. The Morgan fingerprint density at radius 1 is 1.10 bits per heavy atom. The van der Waals surface area contributed by atoms with Crippen LogP contribution >= 0.6 is 11.6 Å². The zero-order chi connectivity index (χ0) is 29.0. The Hall–Kier alpha value is -3.14. The topological polar surface area (TPSA) is 107 Å². The van der Waals surface area contributed by atoms with Gasteiger partial charge in [0, 0.05) is 42.6 Å². The van der Waals surface area contributed by atoms with E-state index in [4.69, 9.17) is 21.1 Å². The smallest absolute Gasteiger partial charge is 0.232 e. The van der Waals surface area contributed by atoms with Gasteiger partial charge < -0.3 is 14.8 Å². The van der Waals surface area contributed by atoms with E-state index in [1.54, 1.807) is 12.3 Å². The molecule has 2 aromatic carbocycles. The Morgan fingerprint density at radius 3 is 2.61 bits per heavy atom. The van der Waals surface area contributed by atoms with Crippen molar-refractivity contribution >= 4 is 33.2 Å².